The number of amides is 3. The molecule has 9 nitrogen and oxygen atoms in total. The molecule has 0 saturated carbocycles. The lowest BCUT2D eigenvalue weighted by atomic mass is 9.75. The zero-order valence-corrected chi connectivity index (χ0v) is 19.3. The van der Waals surface area contributed by atoms with Gasteiger partial charge in [-0.2, -0.15) is 0 Å². The van der Waals surface area contributed by atoms with Crippen molar-refractivity contribution in [1.82, 2.24) is 4.90 Å². The van der Waals surface area contributed by atoms with Gasteiger partial charge in [-0.15, -0.1) is 0 Å². The Morgan fingerprint density at radius 3 is 2.65 bits per heavy atom. The van der Waals surface area contributed by atoms with Crippen LogP contribution in [0.25, 0.3) is 0 Å². The second-order valence-corrected chi connectivity index (χ2v) is 9.87. The van der Waals surface area contributed by atoms with Gasteiger partial charge in [-0.1, -0.05) is 23.7 Å². The van der Waals surface area contributed by atoms with Crippen LogP contribution in [0.2, 0.25) is 5.02 Å². The Kier molecular flexibility index (Phi) is 4.29. The number of anilines is 2. The number of carbonyl (C=O) groups excluding carboxylic acids is 3. The summed E-state index contributed by atoms with van der Waals surface area (Å²) < 4.78 is 0. The van der Waals surface area contributed by atoms with E-state index in [2.05, 4.69) is 10.2 Å². The number of fused-ring (bicyclic) bond motifs is 7. The molecule has 0 aliphatic carbocycles. The fourth-order valence-corrected chi connectivity index (χ4v) is 6.74. The first-order valence-electron chi connectivity index (χ1n) is 11.2. The smallest absolute Gasteiger partial charge is 0.289 e. The van der Waals surface area contributed by atoms with Gasteiger partial charge in [0.15, 0.2) is 0 Å². The molecule has 34 heavy (non-hydrogen) atoms. The van der Waals surface area contributed by atoms with E-state index in [0.717, 1.165) is 34.1 Å². The quantitative estimate of drug-likeness (QED) is 0.401. The summed E-state index contributed by atoms with van der Waals surface area (Å²) in [7, 11) is 0. The van der Waals surface area contributed by atoms with Gasteiger partial charge in [-0.25, -0.2) is 4.90 Å². The van der Waals surface area contributed by atoms with E-state index in [0.29, 0.717) is 18.7 Å². The monoisotopic (exact) mass is 480 g/mol. The fourth-order valence-electron chi connectivity index (χ4n) is 6.55. The van der Waals surface area contributed by atoms with Crippen LogP contribution in [-0.4, -0.2) is 40.1 Å². The molecule has 4 aliphatic rings. The molecule has 1 N–H and O–H groups in total. The molecule has 4 atom stereocenters. The third kappa shape index (κ3) is 2.35. The van der Waals surface area contributed by atoms with Crippen LogP contribution >= 0.6 is 11.6 Å². The van der Waals surface area contributed by atoms with Crippen LogP contribution in [-0.2, 0) is 19.9 Å². The van der Waals surface area contributed by atoms with Gasteiger partial charge in [-0.3, -0.25) is 29.4 Å². The van der Waals surface area contributed by atoms with Gasteiger partial charge >= 0.3 is 0 Å². The summed E-state index contributed by atoms with van der Waals surface area (Å²) in [6.07, 6.45) is 1.51. The van der Waals surface area contributed by atoms with E-state index in [4.69, 9.17) is 11.6 Å². The predicted molar refractivity (Wildman–Crippen MR) is 124 cm³/mol. The lowest BCUT2D eigenvalue weighted by Crippen LogP contribution is -2.54. The van der Waals surface area contributed by atoms with E-state index in [-0.39, 0.29) is 28.3 Å². The highest BCUT2D eigenvalue weighted by atomic mass is 35.5. The third-order valence-corrected chi connectivity index (χ3v) is 8.40. The summed E-state index contributed by atoms with van der Waals surface area (Å²) in [5.41, 5.74) is 1.82. The van der Waals surface area contributed by atoms with Gasteiger partial charge in [0.2, 0.25) is 17.7 Å². The van der Waals surface area contributed by atoms with Crippen molar-refractivity contribution in [2.24, 2.45) is 11.8 Å². The Bertz CT molecular complexity index is 1340. The normalized spacial score (nSPS) is 29.6. The van der Waals surface area contributed by atoms with E-state index >= 15 is 0 Å². The molecule has 2 aromatic carbocycles. The lowest BCUT2D eigenvalue weighted by Gasteiger charge is -2.36. The van der Waals surface area contributed by atoms with Crippen molar-refractivity contribution in [3.8, 4) is 0 Å². The molecule has 3 saturated heterocycles. The average Bonchev–Trinajstić information content (AvgIpc) is 3.50. The minimum absolute atomic E-state index is 0.0820. The first kappa shape index (κ1) is 21.2. The Morgan fingerprint density at radius 1 is 1.15 bits per heavy atom. The van der Waals surface area contributed by atoms with Crippen LogP contribution in [0.1, 0.15) is 29.5 Å². The summed E-state index contributed by atoms with van der Waals surface area (Å²) >= 11 is 5.95. The van der Waals surface area contributed by atoms with Crippen LogP contribution in [0.4, 0.5) is 17.1 Å². The molecule has 0 radical (unpaired) electrons. The summed E-state index contributed by atoms with van der Waals surface area (Å²) in [5.74, 6) is -2.85. The molecule has 3 amide bonds. The summed E-state index contributed by atoms with van der Waals surface area (Å²) in [6.45, 7) is 4.51. The topological polar surface area (TPSA) is 113 Å². The van der Waals surface area contributed by atoms with Gasteiger partial charge in [-0.05, 0) is 56.5 Å². The minimum atomic E-state index is -1.28. The third-order valence-electron chi connectivity index (χ3n) is 8.08. The minimum Gasteiger partial charge on any atom is -0.324 e. The molecule has 174 valence electrons. The molecular weight excluding hydrogens is 460 g/mol. The number of imide groups is 1. The van der Waals surface area contributed by atoms with Crippen molar-refractivity contribution in [3.05, 3.63) is 62.2 Å². The highest BCUT2D eigenvalue weighted by molar-refractivity contribution is 6.33. The van der Waals surface area contributed by atoms with Gasteiger partial charge < -0.3 is 5.32 Å². The fraction of sp³-hybridized carbons (Fsp3) is 0.375. The number of aryl methyl sites for hydroxylation is 1. The molecule has 4 unspecified atom stereocenters. The molecule has 6 rings (SSSR count). The first-order chi connectivity index (χ1) is 16.2. The molecular formula is C24H21ClN4O5. The number of benzene rings is 2. The maximum absolute atomic E-state index is 14.0. The second-order valence-electron chi connectivity index (χ2n) is 9.46. The van der Waals surface area contributed by atoms with Crippen LogP contribution in [0.15, 0.2) is 30.3 Å². The summed E-state index contributed by atoms with van der Waals surface area (Å²) in [4.78, 5) is 55.3. The Hall–Kier alpha value is -3.30. The van der Waals surface area contributed by atoms with E-state index in [1.165, 1.54) is 12.1 Å². The second kappa shape index (κ2) is 6.86. The number of nitrogens with one attached hydrogen (secondary N) is 1. The maximum Gasteiger partial charge on any atom is 0.289 e. The Balaban J connectivity index is 1.54. The average molecular weight is 481 g/mol. The van der Waals surface area contributed by atoms with Crippen LogP contribution in [0.3, 0.4) is 0 Å². The van der Waals surface area contributed by atoms with Crippen LogP contribution < -0.4 is 10.2 Å². The highest BCUT2D eigenvalue weighted by Crippen LogP contribution is 2.61. The number of hydrogen-bond acceptors (Lipinski definition) is 6. The van der Waals surface area contributed by atoms with Crippen molar-refractivity contribution in [1.29, 1.82) is 0 Å². The number of carbonyl (C=O) groups is 3. The van der Waals surface area contributed by atoms with E-state index < -0.39 is 34.1 Å². The van der Waals surface area contributed by atoms with Crippen LogP contribution in [0, 0.1) is 35.8 Å². The lowest BCUT2D eigenvalue weighted by molar-refractivity contribution is -0.384. The van der Waals surface area contributed by atoms with Crippen molar-refractivity contribution < 1.29 is 19.3 Å². The standard InChI is InChI=1S/C24H21ClN4O5/c1-11-5-7-14-20(12(11)2)26-23(32)24(14)19-18(16-4-3-9-27(16)24)21(30)28(22(19)31)13-6-8-15(25)17(10-13)29(33)34/h5-8,10,16,18-19H,3-4,9H2,1-2H3,(H,26,32). The Morgan fingerprint density at radius 2 is 1.91 bits per heavy atom. The molecule has 1 spiro atoms. The van der Waals surface area contributed by atoms with E-state index in [1.54, 1.807) is 0 Å². The number of hydrogen-bond donors (Lipinski definition) is 1. The molecule has 0 bridgehead atoms. The molecule has 4 aliphatic heterocycles. The summed E-state index contributed by atoms with van der Waals surface area (Å²) in [5, 5.41) is 14.3. The zero-order valence-electron chi connectivity index (χ0n) is 18.5. The molecule has 10 heteroatoms. The van der Waals surface area contributed by atoms with Crippen LogP contribution in [0.5, 0.6) is 0 Å². The first-order valence-corrected chi connectivity index (χ1v) is 11.6. The largest absolute Gasteiger partial charge is 0.324 e. The number of nitrogens with zero attached hydrogens (tertiary/aromatic N) is 3. The molecule has 3 fully saturated rings. The van der Waals surface area contributed by atoms with Crippen molar-refractivity contribution in [3.63, 3.8) is 0 Å². The SMILES string of the molecule is Cc1ccc2c(c1C)NC(=O)C21C2C(=O)N(c3ccc(Cl)c([N+](=O)[O-])c3)C(=O)C2C2CCCN21. The summed E-state index contributed by atoms with van der Waals surface area (Å²) in [6, 6.07) is 7.46. The molecule has 4 heterocycles. The van der Waals surface area contributed by atoms with E-state index in [1.807, 2.05) is 26.0 Å². The van der Waals surface area contributed by atoms with Gasteiger partial charge in [0, 0.05) is 23.4 Å². The molecule has 2 aromatic rings. The maximum atomic E-state index is 14.0. The predicted octanol–water partition coefficient (Wildman–Crippen LogP) is 3.30. The van der Waals surface area contributed by atoms with Gasteiger partial charge in [0.25, 0.3) is 5.69 Å². The Labute approximate surface area is 199 Å². The van der Waals surface area contributed by atoms with Gasteiger partial charge in [0.05, 0.1) is 22.4 Å². The number of nitro groups is 1. The van der Waals surface area contributed by atoms with Crippen molar-refractivity contribution in [2.45, 2.75) is 38.3 Å². The van der Waals surface area contributed by atoms with Crippen molar-refractivity contribution >= 4 is 46.4 Å². The zero-order chi connectivity index (χ0) is 24.1. The number of rotatable bonds is 2. The van der Waals surface area contributed by atoms with Crippen molar-refractivity contribution in [2.75, 3.05) is 16.8 Å². The molecule has 0 aromatic heterocycles. The number of halogens is 1. The van der Waals surface area contributed by atoms with Gasteiger partial charge in [0.1, 0.15) is 10.6 Å². The van der Waals surface area contributed by atoms with E-state index in [9.17, 15) is 24.5 Å². The number of nitro benzene ring substituents is 1. The highest BCUT2D eigenvalue weighted by Gasteiger charge is 2.74.